The Bertz CT molecular complexity index is 554. The first-order valence-electron chi connectivity index (χ1n) is 5.57. The number of nitrogens with zero attached hydrogens (tertiary/aromatic N) is 3. The van der Waals surface area contributed by atoms with Crippen LogP contribution in [0.4, 0.5) is 11.8 Å². The van der Waals surface area contributed by atoms with E-state index in [-0.39, 0.29) is 12.6 Å². The largest absolute Gasteiger partial charge is 0.396 e. The zero-order valence-electron chi connectivity index (χ0n) is 10.1. The fourth-order valence-electron chi connectivity index (χ4n) is 1.68. The van der Waals surface area contributed by atoms with Crippen molar-refractivity contribution in [2.24, 2.45) is 0 Å². The van der Waals surface area contributed by atoms with Gasteiger partial charge in [-0.1, -0.05) is 0 Å². The zero-order valence-corrected chi connectivity index (χ0v) is 10.9. The Morgan fingerprint density at radius 1 is 1.28 bits per heavy atom. The molecule has 6 nitrogen and oxygen atoms in total. The van der Waals surface area contributed by atoms with Gasteiger partial charge in [0.25, 0.3) is 0 Å². The summed E-state index contributed by atoms with van der Waals surface area (Å²) in [5.74, 6) is 0.488. The van der Waals surface area contributed by atoms with Crippen molar-refractivity contribution >= 4 is 23.1 Å². The van der Waals surface area contributed by atoms with Crippen LogP contribution in [0, 0.1) is 6.92 Å². The van der Waals surface area contributed by atoms with Gasteiger partial charge in [0.05, 0.1) is 11.3 Å². The average molecular weight is 265 g/mol. The van der Waals surface area contributed by atoms with E-state index >= 15 is 0 Å². The van der Waals surface area contributed by atoms with E-state index in [1.807, 2.05) is 12.3 Å². The van der Waals surface area contributed by atoms with Gasteiger partial charge in [-0.2, -0.15) is 4.98 Å². The maximum absolute atomic E-state index is 8.91. The molecule has 0 aromatic carbocycles. The van der Waals surface area contributed by atoms with Crippen molar-refractivity contribution in [1.29, 1.82) is 0 Å². The summed E-state index contributed by atoms with van der Waals surface area (Å²) in [6.45, 7) is 2.02. The van der Waals surface area contributed by atoms with E-state index in [1.54, 1.807) is 0 Å². The second kappa shape index (κ2) is 5.28. The van der Waals surface area contributed by atoms with E-state index in [1.165, 1.54) is 11.3 Å². The Kier molecular flexibility index (Phi) is 3.73. The van der Waals surface area contributed by atoms with E-state index in [0.717, 1.165) is 22.0 Å². The molecule has 96 valence electrons. The molecule has 0 saturated heterocycles. The summed E-state index contributed by atoms with van der Waals surface area (Å²) in [5, 5.41) is 11.6. The number of nitrogen functional groups attached to an aromatic ring is 2. The SMILES string of the molecule is Cc1csc(-c2c(N)nc(N)nc2CCCO)n1. The molecule has 0 bridgehead atoms. The number of anilines is 2. The lowest BCUT2D eigenvalue weighted by molar-refractivity contribution is 0.288. The van der Waals surface area contributed by atoms with Gasteiger partial charge in [0, 0.05) is 17.7 Å². The van der Waals surface area contributed by atoms with Gasteiger partial charge in [-0.3, -0.25) is 0 Å². The molecule has 0 atom stereocenters. The minimum Gasteiger partial charge on any atom is -0.396 e. The molecule has 0 aliphatic carbocycles. The monoisotopic (exact) mass is 265 g/mol. The molecule has 0 unspecified atom stereocenters. The van der Waals surface area contributed by atoms with Crippen LogP contribution in [-0.4, -0.2) is 26.7 Å². The van der Waals surface area contributed by atoms with Crippen molar-refractivity contribution in [2.45, 2.75) is 19.8 Å². The predicted octanol–water partition coefficient (Wildman–Crippen LogP) is 0.998. The molecule has 5 N–H and O–H groups in total. The first kappa shape index (κ1) is 12.7. The van der Waals surface area contributed by atoms with E-state index in [4.69, 9.17) is 16.6 Å². The van der Waals surface area contributed by atoms with Gasteiger partial charge < -0.3 is 16.6 Å². The van der Waals surface area contributed by atoms with Gasteiger partial charge >= 0.3 is 0 Å². The quantitative estimate of drug-likeness (QED) is 0.760. The van der Waals surface area contributed by atoms with Crippen molar-refractivity contribution in [2.75, 3.05) is 18.1 Å². The Balaban J connectivity index is 2.49. The maximum atomic E-state index is 8.91. The van der Waals surface area contributed by atoms with Crippen LogP contribution in [0.1, 0.15) is 17.8 Å². The van der Waals surface area contributed by atoms with Gasteiger partial charge in [0.15, 0.2) is 0 Å². The molecule has 2 heterocycles. The number of hydrogen-bond donors (Lipinski definition) is 3. The molecule has 7 heteroatoms. The summed E-state index contributed by atoms with van der Waals surface area (Å²) < 4.78 is 0. The van der Waals surface area contributed by atoms with E-state index in [0.29, 0.717) is 18.7 Å². The summed E-state index contributed by atoms with van der Waals surface area (Å²) in [7, 11) is 0. The first-order chi connectivity index (χ1) is 8.61. The predicted molar refractivity (Wildman–Crippen MR) is 72.1 cm³/mol. The highest BCUT2D eigenvalue weighted by molar-refractivity contribution is 7.13. The molecule has 0 spiro atoms. The van der Waals surface area contributed by atoms with Crippen LogP contribution in [0.2, 0.25) is 0 Å². The molecule has 0 aliphatic rings. The van der Waals surface area contributed by atoms with Crippen molar-refractivity contribution in [3.63, 3.8) is 0 Å². The Hall–Kier alpha value is -1.73. The van der Waals surface area contributed by atoms with Crippen molar-refractivity contribution in [3.05, 3.63) is 16.8 Å². The highest BCUT2D eigenvalue weighted by Gasteiger charge is 2.16. The van der Waals surface area contributed by atoms with Crippen LogP contribution in [-0.2, 0) is 6.42 Å². The third-order valence-electron chi connectivity index (χ3n) is 2.43. The molecule has 2 aromatic rings. The molecule has 0 fully saturated rings. The topological polar surface area (TPSA) is 111 Å². The average Bonchev–Trinajstić information content (AvgIpc) is 2.72. The molecule has 0 radical (unpaired) electrons. The van der Waals surface area contributed by atoms with E-state index in [2.05, 4.69) is 15.0 Å². The van der Waals surface area contributed by atoms with Crippen LogP contribution in [0.5, 0.6) is 0 Å². The van der Waals surface area contributed by atoms with E-state index in [9.17, 15) is 0 Å². The molecular formula is C11H15N5OS. The number of aliphatic hydroxyl groups excluding tert-OH is 1. The normalized spacial score (nSPS) is 10.8. The minimum absolute atomic E-state index is 0.0974. The van der Waals surface area contributed by atoms with E-state index < -0.39 is 0 Å². The Labute approximate surface area is 109 Å². The molecule has 0 saturated carbocycles. The summed E-state index contributed by atoms with van der Waals surface area (Å²) in [5.41, 5.74) is 13.9. The fourth-order valence-corrected chi connectivity index (χ4v) is 2.55. The number of aromatic nitrogens is 3. The number of nitrogens with two attached hydrogens (primary N) is 2. The standard InChI is InChI=1S/C11H15N5OS/c1-6-5-18-10(14-6)8-7(3-2-4-17)15-11(13)16-9(8)12/h5,17H,2-4H2,1H3,(H4,12,13,15,16). The third-order valence-corrected chi connectivity index (χ3v) is 3.41. The molecule has 0 aliphatic heterocycles. The number of hydrogen-bond acceptors (Lipinski definition) is 7. The molecule has 2 rings (SSSR count). The second-order valence-corrected chi connectivity index (χ2v) is 4.77. The Morgan fingerprint density at radius 2 is 2.06 bits per heavy atom. The summed E-state index contributed by atoms with van der Waals surface area (Å²) in [4.78, 5) is 12.6. The smallest absolute Gasteiger partial charge is 0.222 e. The van der Waals surface area contributed by atoms with Crippen LogP contribution in [0.25, 0.3) is 10.6 Å². The van der Waals surface area contributed by atoms with Crippen molar-refractivity contribution in [3.8, 4) is 10.6 Å². The fraction of sp³-hybridized carbons (Fsp3) is 0.364. The lowest BCUT2D eigenvalue weighted by Crippen LogP contribution is -2.07. The molecule has 18 heavy (non-hydrogen) atoms. The first-order valence-corrected chi connectivity index (χ1v) is 6.45. The lowest BCUT2D eigenvalue weighted by atomic mass is 10.1. The van der Waals surface area contributed by atoms with Gasteiger partial charge in [-0.05, 0) is 19.8 Å². The molecule has 2 aromatic heterocycles. The van der Waals surface area contributed by atoms with Crippen molar-refractivity contribution < 1.29 is 5.11 Å². The molecular weight excluding hydrogens is 250 g/mol. The van der Waals surface area contributed by atoms with Gasteiger partial charge in [0.1, 0.15) is 10.8 Å². The van der Waals surface area contributed by atoms with Gasteiger partial charge in [-0.15, -0.1) is 11.3 Å². The number of aryl methyl sites for hydroxylation is 2. The number of rotatable bonds is 4. The maximum Gasteiger partial charge on any atom is 0.222 e. The van der Waals surface area contributed by atoms with Gasteiger partial charge in [0.2, 0.25) is 5.95 Å². The third kappa shape index (κ3) is 2.57. The second-order valence-electron chi connectivity index (χ2n) is 3.91. The number of thiazole rings is 1. The van der Waals surface area contributed by atoms with Crippen LogP contribution < -0.4 is 11.5 Å². The molecule has 0 amide bonds. The van der Waals surface area contributed by atoms with Crippen LogP contribution >= 0.6 is 11.3 Å². The van der Waals surface area contributed by atoms with Crippen LogP contribution in [0.15, 0.2) is 5.38 Å². The highest BCUT2D eigenvalue weighted by atomic mass is 32.1. The van der Waals surface area contributed by atoms with Crippen LogP contribution in [0.3, 0.4) is 0 Å². The Morgan fingerprint density at radius 3 is 2.67 bits per heavy atom. The lowest BCUT2D eigenvalue weighted by Gasteiger charge is -2.09. The number of aliphatic hydroxyl groups is 1. The highest BCUT2D eigenvalue weighted by Crippen LogP contribution is 2.31. The van der Waals surface area contributed by atoms with Gasteiger partial charge in [-0.25, -0.2) is 9.97 Å². The minimum atomic E-state index is 0.0974. The summed E-state index contributed by atoms with van der Waals surface area (Å²) >= 11 is 1.50. The van der Waals surface area contributed by atoms with Crippen molar-refractivity contribution in [1.82, 2.24) is 15.0 Å². The zero-order chi connectivity index (χ0) is 13.1. The summed E-state index contributed by atoms with van der Waals surface area (Å²) in [6, 6.07) is 0. The summed E-state index contributed by atoms with van der Waals surface area (Å²) in [6.07, 6.45) is 1.20.